The standard InChI is InChI=1S/C18H23N3O2/c22-18(23)14-3-1-2-13-10-20-15(17(13)14)4-7-19-16-11-21-8-5-12(16)6-9-21/h1-3,10,12,15-16,19H,4-9,11H2,(H,22,23). The Morgan fingerprint density at radius 2 is 2.17 bits per heavy atom. The number of carbonyl (C=O) groups is 1. The SMILES string of the molecule is O=C(O)c1cccc2c1C(CCNC1CN3CCC1CC3)N=C2. The second kappa shape index (κ2) is 6.06. The van der Waals surface area contributed by atoms with Gasteiger partial charge in [0.05, 0.1) is 11.6 Å². The maximum atomic E-state index is 11.4. The van der Waals surface area contributed by atoms with Crippen molar-refractivity contribution in [2.45, 2.75) is 31.3 Å². The van der Waals surface area contributed by atoms with Crippen molar-refractivity contribution in [2.75, 3.05) is 26.2 Å². The minimum absolute atomic E-state index is 0.0223. The summed E-state index contributed by atoms with van der Waals surface area (Å²) in [5.74, 6) is -0.0448. The number of aromatic carboxylic acids is 1. The summed E-state index contributed by atoms with van der Waals surface area (Å²) in [7, 11) is 0. The van der Waals surface area contributed by atoms with Crippen LogP contribution in [0, 0.1) is 5.92 Å². The summed E-state index contributed by atoms with van der Waals surface area (Å²) in [5.41, 5.74) is 2.24. The van der Waals surface area contributed by atoms with Gasteiger partial charge in [-0.05, 0) is 62.0 Å². The lowest BCUT2D eigenvalue weighted by molar-refractivity contribution is 0.0694. The molecule has 3 saturated heterocycles. The highest BCUT2D eigenvalue weighted by atomic mass is 16.4. The Hall–Kier alpha value is -1.72. The van der Waals surface area contributed by atoms with Crippen molar-refractivity contribution in [3.8, 4) is 0 Å². The van der Waals surface area contributed by atoms with Crippen LogP contribution >= 0.6 is 0 Å². The van der Waals surface area contributed by atoms with E-state index in [1.807, 2.05) is 12.3 Å². The molecule has 2 unspecified atom stereocenters. The molecular formula is C18H23N3O2. The lowest BCUT2D eigenvalue weighted by Crippen LogP contribution is -2.56. The smallest absolute Gasteiger partial charge is 0.336 e. The van der Waals surface area contributed by atoms with Crippen molar-refractivity contribution in [2.24, 2.45) is 10.9 Å². The maximum Gasteiger partial charge on any atom is 0.336 e. The molecule has 5 heteroatoms. The van der Waals surface area contributed by atoms with Gasteiger partial charge in [0.2, 0.25) is 0 Å². The van der Waals surface area contributed by atoms with Gasteiger partial charge in [-0.25, -0.2) is 4.79 Å². The highest BCUT2D eigenvalue weighted by Crippen LogP contribution is 2.32. The fourth-order valence-electron chi connectivity index (χ4n) is 4.32. The predicted octanol–water partition coefficient (Wildman–Crippen LogP) is 1.93. The average Bonchev–Trinajstić information content (AvgIpc) is 2.99. The van der Waals surface area contributed by atoms with E-state index in [4.69, 9.17) is 0 Å². The third kappa shape index (κ3) is 2.79. The Labute approximate surface area is 136 Å². The summed E-state index contributed by atoms with van der Waals surface area (Å²) in [6.45, 7) is 4.57. The molecule has 1 aromatic carbocycles. The Morgan fingerprint density at radius 1 is 1.35 bits per heavy atom. The van der Waals surface area contributed by atoms with Gasteiger partial charge in [0.25, 0.3) is 0 Å². The predicted molar refractivity (Wildman–Crippen MR) is 89.3 cm³/mol. The number of carboxylic acid groups (broad SMARTS) is 1. The van der Waals surface area contributed by atoms with Crippen LogP contribution in [0.3, 0.4) is 0 Å². The first-order valence-corrected chi connectivity index (χ1v) is 8.57. The summed E-state index contributed by atoms with van der Waals surface area (Å²) in [6, 6.07) is 6.00. The average molecular weight is 313 g/mol. The van der Waals surface area contributed by atoms with Crippen molar-refractivity contribution in [3.05, 3.63) is 34.9 Å². The van der Waals surface area contributed by atoms with E-state index >= 15 is 0 Å². The Morgan fingerprint density at radius 3 is 2.87 bits per heavy atom. The number of nitrogens with zero attached hydrogens (tertiary/aromatic N) is 2. The summed E-state index contributed by atoms with van der Waals surface area (Å²) in [6.07, 6.45) is 5.30. The lowest BCUT2D eigenvalue weighted by Gasteiger charge is -2.45. The number of rotatable bonds is 5. The van der Waals surface area contributed by atoms with E-state index in [2.05, 4.69) is 15.2 Å². The molecule has 3 fully saturated rings. The summed E-state index contributed by atoms with van der Waals surface area (Å²) >= 11 is 0. The highest BCUT2D eigenvalue weighted by molar-refractivity contribution is 5.96. The zero-order valence-electron chi connectivity index (χ0n) is 13.2. The molecule has 4 aliphatic rings. The third-order valence-electron chi connectivity index (χ3n) is 5.58. The molecular weight excluding hydrogens is 290 g/mol. The second-order valence-electron chi connectivity index (χ2n) is 6.89. The van der Waals surface area contributed by atoms with Crippen LogP contribution in [0.2, 0.25) is 0 Å². The molecule has 5 rings (SSSR count). The lowest BCUT2D eigenvalue weighted by atomic mass is 9.84. The van der Waals surface area contributed by atoms with Gasteiger partial charge in [0, 0.05) is 18.8 Å². The fraction of sp³-hybridized carbons (Fsp3) is 0.556. The number of hydrogen-bond acceptors (Lipinski definition) is 4. The van der Waals surface area contributed by atoms with E-state index in [1.165, 1.54) is 25.9 Å². The minimum atomic E-state index is -0.859. The van der Waals surface area contributed by atoms with Gasteiger partial charge in [-0.3, -0.25) is 4.99 Å². The van der Waals surface area contributed by atoms with E-state index < -0.39 is 5.97 Å². The van der Waals surface area contributed by atoms with Crippen LogP contribution in [0.15, 0.2) is 23.2 Å². The zero-order chi connectivity index (χ0) is 15.8. The second-order valence-corrected chi connectivity index (χ2v) is 6.89. The molecule has 2 N–H and O–H groups in total. The third-order valence-corrected chi connectivity index (χ3v) is 5.58. The minimum Gasteiger partial charge on any atom is -0.478 e. The number of aliphatic imine (C=N–C) groups is 1. The maximum absolute atomic E-state index is 11.4. The number of fused-ring (bicyclic) bond motifs is 4. The highest BCUT2D eigenvalue weighted by Gasteiger charge is 2.33. The molecule has 23 heavy (non-hydrogen) atoms. The van der Waals surface area contributed by atoms with Crippen LogP contribution in [0.5, 0.6) is 0 Å². The van der Waals surface area contributed by atoms with E-state index in [0.717, 1.165) is 36.6 Å². The van der Waals surface area contributed by atoms with Crippen LogP contribution in [0.25, 0.3) is 0 Å². The molecule has 122 valence electrons. The molecule has 2 bridgehead atoms. The number of nitrogens with one attached hydrogen (secondary N) is 1. The Kier molecular flexibility index (Phi) is 3.91. The summed E-state index contributed by atoms with van der Waals surface area (Å²) in [4.78, 5) is 18.5. The quantitative estimate of drug-likeness (QED) is 0.872. The number of benzene rings is 1. The Bertz CT molecular complexity index is 635. The molecule has 0 spiro atoms. The first-order chi connectivity index (χ1) is 11.2. The van der Waals surface area contributed by atoms with Crippen LogP contribution in [0.4, 0.5) is 0 Å². The monoisotopic (exact) mass is 313 g/mol. The van der Waals surface area contributed by atoms with Gasteiger partial charge >= 0.3 is 5.97 Å². The number of piperidine rings is 3. The topological polar surface area (TPSA) is 64.9 Å². The largest absolute Gasteiger partial charge is 0.478 e. The van der Waals surface area contributed by atoms with E-state index in [1.54, 1.807) is 12.1 Å². The van der Waals surface area contributed by atoms with Crippen molar-refractivity contribution in [3.63, 3.8) is 0 Å². The van der Waals surface area contributed by atoms with Crippen molar-refractivity contribution >= 4 is 12.2 Å². The van der Waals surface area contributed by atoms with Gasteiger partial charge < -0.3 is 15.3 Å². The van der Waals surface area contributed by atoms with Crippen molar-refractivity contribution < 1.29 is 9.90 Å². The molecule has 0 amide bonds. The molecule has 0 aliphatic carbocycles. The van der Waals surface area contributed by atoms with E-state index in [9.17, 15) is 9.90 Å². The number of carboxylic acids is 1. The number of hydrogen-bond donors (Lipinski definition) is 2. The first-order valence-electron chi connectivity index (χ1n) is 8.57. The molecule has 4 aliphatic heterocycles. The molecule has 0 aromatic heterocycles. The van der Waals surface area contributed by atoms with Gasteiger partial charge in [0.15, 0.2) is 0 Å². The van der Waals surface area contributed by atoms with Gasteiger partial charge in [-0.1, -0.05) is 12.1 Å². The van der Waals surface area contributed by atoms with Gasteiger partial charge in [-0.2, -0.15) is 0 Å². The molecule has 0 radical (unpaired) electrons. The van der Waals surface area contributed by atoms with Crippen molar-refractivity contribution in [1.82, 2.24) is 10.2 Å². The van der Waals surface area contributed by atoms with E-state index in [0.29, 0.717) is 11.6 Å². The van der Waals surface area contributed by atoms with Crippen LogP contribution in [-0.2, 0) is 0 Å². The van der Waals surface area contributed by atoms with E-state index in [-0.39, 0.29) is 6.04 Å². The zero-order valence-corrected chi connectivity index (χ0v) is 13.2. The summed E-state index contributed by atoms with van der Waals surface area (Å²) < 4.78 is 0. The van der Waals surface area contributed by atoms with Crippen molar-refractivity contribution in [1.29, 1.82) is 0 Å². The molecule has 2 atom stereocenters. The van der Waals surface area contributed by atoms with Gasteiger partial charge in [0.1, 0.15) is 0 Å². The fourth-order valence-corrected chi connectivity index (χ4v) is 4.32. The molecule has 5 nitrogen and oxygen atoms in total. The molecule has 0 saturated carbocycles. The normalized spacial score (nSPS) is 31.3. The molecule has 4 heterocycles. The van der Waals surface area contributed by atoms with Crippen LogP contribution in [0.1, 0.15) is 46.8 Å². The summed E-state index contributed by atoms with van der Waals surface area (Å²) in [5, 5.41) is 13.1. The van der Waals surface area contributed by atoms with Crippen LogP contribution in [-0.4, -0.2) is 54.4 Å². The Balaban J connectivity index is 1.38. The van der Waals surface area contributed by atoms with Crippen LogP contribution < -0.4 is 5.32 Å². The first kappa shape index (κ1) is 14.8. The van der Waals surface area contributed by atoms with Gasteiger partial charge in [-0.15, -0.1) is 0 Å². The molecule has 1 aromatic rings.